The molecule has 0 aliphatic heterocycles. The summed E-state index contributed by atoms with van der Waals surface area (Å²) in [6.07, 6.45) is 0.910. The third-order valence-electron chi connectivity index (χ3n) is 1.64. The number of nitrogens with zero attached hydrogens (tertiary/aromatic N) is 1. The Morgan fingerprint density at radius 2 is 2.21 bits per heavy atom. The maximum Gasteiger partial charge on any atom is 0.307 e. The number of carbonyl (C=O) groups is 1. The average molecular weight is 195 g/mol. The highest BCUT2D eigenvalue weighted by Crippen LogP contribution is 2.16. The van der Waals surface area contributed by atoms with E-state index in [4.69, 9.17) is 10.3 Å². The van der Waals surface area contributed by atoms with Crippen molar-refractivity contribution in [2.75, 3.05) is 0 Å². The zero-order valence-electron chi connectivity index (χ0n) is 7.21. The lowest BCUT2D eigenvalue weighted by atomic mass is 10.1. The maximum absolute atomic E-state index is 10.4. The van der Waals surface area contributed by atoms with Crippen molar-refractivity contribution < 1.29 is 20.2 Å². The quantitative estimate of drug-likeness (QED) is 0.378. The fourth-order valence-electron chi connectivity index (χ4n) is 1.05. The molecule has 5 nitrogen and oxygen atoms in total. The molecule has 14 heavy (non-hydrogen) atoms. The first-order valence-corrected chi connectivity index (χ1v) is 3.84. The Hall–Kier alpha value is -2.04. The molecule has 0 aliphatic rings. The molecule has 5 heteroatoms. The van der Waals surface area contributed by atoms with E-state index in [0.29, 0.717) is 5.56 Å². The number of phenolic OH excluding ortho intramolecular Hbond substituents is 1. The molecule has 0 spiro atoms. The van der Waals surface area contributed by atoms with Gasteiger partial charge in [-0.05, 0) is 17.7 Å². The molecular formula is C9H9NO4. The van der Waals surface area contributed by atoms with E-state index in [-0.39, 0.29) is 17.7 Å². The molecule has 0 fully saturated rings. The zero-order valence-corrected chi connectivity index (χ0v) is 7.21. The van der Waals surface area contributed by atoms with E-state index >= 15 is 0 Å². The lowest BCUT2D eigenvalue weighted by Crippen LogP contribution is -2.00. The van der Waals surface area contributed by atoms with E-state index in [9.17, 15) is 9.90 Å². The van der Waals surface area contributed by atoms with Gasteiger partial charge in [-0.15, -0.1) is 0 Å². The molecule has 0 amide bonds. The summed E-state index contributed by atoms with van der Waals surface area (Å²) in [7, 11) is 0. The molecular weight excluding hydrogens is 186 g/mol. The van der Waals surface area contributed by atoms with Gasteiger partial charge in [0, 0.05) is 5.56 Å². The largest absolute Gasteiger partial charge is 0.507 e. The van der Waals surface area contributed by atoms with Crippen molar-refractivity contribution in [1.29, 1.82) is 0 Å². The molecule has 0 saturated carbocycles. The summed E-state index contributed by atoms with van der Waals surface area (Å²) in [5, 5.41) is 28.8. The number of aromatic hydroxyl groups is 1. The lowest BCUT2D eigenvalue weighted by molar-refractivity contribution is -0.136. The Labute approximate surface area is 79.9 Å². The van der Waals surface area contributed by atoms with Gasteiger partial charge in [-0.2, -0.15) is 0 Å². The number of carboxylic acid groups (broad SMARTS) is 1. The van der Waals surface area contributed by atoms with Gasteiger partial charge < -0.3 is 15.4 Å². The van der Waals surface area contributed by atoms with Crippen LogP contribution in [0.1, 0.15) is 11.1 Å². The molecule has 1 rings (SSSR count). The molecule has 74 valence electrons. The van der Waals surface area contributed by atoms with Crippen LogP contribution in [0.2, 0.25) is 0 Å². The molecule has 0 unspecified atom stereocenters. The molecule has 3 N–H and O–H groups in total. The van der Waals surface area contributed by atoms with Crippen molar-refractivity contribution in [3.8, 4) is 5.75 Å². The summed E-state index contributed by atoms with van der Waals surface area (Å²) in [6, 6.07) is 4.30. The molecule has 0 heterocycles. The highest BCUT2D eigenvalue weighted by molar-refractivity contribution is 5.83. The van der Waals surface area contributed by atoms with Crippen LogP contribution in [0.5, 0.6) is 5.75 Å². The van der Waals surface area contributed by atoms with Gasteiger partial charge >= 0.3 is 5.97 Å². The zero-order chi connectivity index (χ0) is 10.6. The smallest absolute Gasteiger partial charge is 0.307 e. The Bertz CT molecular complexity index is 373. The molecule has 0 bridgehead atoms. The summed E-state index contributed by atoms with van der Waals surface area (Å²) >= 11 is 0. The van der Waals surface area contributed by atoms with Crippen molar-refractivity contribution in [3.05, 3.63) is 29.3 Å². The van der Waals surface area contributed by atoms with Crippen LogP contribution in [0.25, 0.3) is 0 Å². The molecule has 1 aromatic rings. The van der Waals surface area contributed by atoms with Crippen molar-refractivity contribution in [2.24, 2.45) is 5.16 Å². The van der Waals surface area contributed by atoms with Gasteiger partial charge in [0.05, 0.1) is 12.6 Å². The van der Waals surface area contributed by atoms with Crippen molar-refractivity contribution >= 4 is 12.2 Å². The minimum atomic E-state index is -0.956. The van der Waals surface area contributed by atoms with Crippen LogP contribution in [0.3, 0.4) is 0 Å². The second-order valence-electron chi connectivity index (χ2n) is 2.71. The summed E-state index contributed by atoms with van der Waals surface area (Å²) in [5.74, 6) is -1.01. The first-order valence-electron chi connectivity index (χ1n) is 3.84. The predicted octanol–water partition coefficient (Wildman–Crippen LogP) is 0.827. The third-order valence-corrected chi connectivity index (χ3v) is 1.64. The highest BCUT2D eigenvalue weighted by Gasteiger charge is 2.04. The van der Waals surface area contributed by atoms with Crippen molar-refractivity contribution in [1.82, 2.24) is 0 Å². The SMILES string of the molecule is O=C(O)Cc1ccc(O)c(/C=N/O)c1. The standard InChI is InChI=1S/C9H9NO4/c11-8-2-1-6(4-9(12)13)3-7(8)5-10-14/h1-3,5,11,14H,4H2,(H,12,13)/b10-5+. The van der Waals surface area contributed by atoms with E-state index in [2.05, 4.69) is 5.16 Å². The number of phenols is 1. The highest BCUT2D eigenvalue weighted by atomic mass is 16.4. The van der Waals surface area contributed by atoms with Crippen LogP contribution in [0.15, 0.2) is 23.4 Å². The van der Waals surface area contributed by atoms with Gasteiger partial charge in [0.25, 0.3) is 0 Å². The first-order chi connectivity index (χ1) is 6.63. The normalized spacial score (nSPS) is 10.6. The fraction of sp³-hybridized carbons (Fsp3) is 0.111. The Balaban J connectivity index is 3.00. The number of oxime groups is 1. The first kappa shape index (κ1) is 10.0. The number of carboxylic acids is 1. The van der Waals surface area contributed by atoms with Gasteiger partial charge in [0.15, 0.2) is 0 Å². The third kappa shape index (κ3) is 2.48. The summed E-state index contributed by atoms with van der Waals surface area (Å²) < 4.78 is 0. The van der Waals surface area contributed by atoms with Gasteiger partial charge in [0.2, 0.25) is 0 Å². The van der Waals surface area contributed by atoms with Gasteiger partial charge in [-0.3, -0.25) is 4.79 Å². The van der Waals surface area contributed by atoms with Crippen LogP contribution in [-0.4, -0.2) is 27.6 Å². The number of benzene rings is 1. The van der Waals surface area contributed by atoms with E-state index in [1.807, 2.05) is 0 Å². The number of aliphatic carboxylic acids is 1. The lowest BCUT2D eigenvalue weighted by Gasteiger charge is -2.01. The predicted molar refractivity (Wildman–Crippen MR) is 48.8 cm³/mol. The topological polar surface area (TPSA) is 90.1 Å². The van der Waals surface area contributed by atoms with Crippen LogP contribution in [0.4, 0.5) is 0 Å². The van der Waals surface area contributed by atoms with E-state index in [0.717, 1.165) is 6.21 Å². The second kappa shape index (κ2) is 4.27. The number of hydrogen-bond acceptors (Lipinski definition) is 4. The maximum atomic E-state index is 10.4. The molecule has 0 atom stereocenters. The van der Waals surface area contributed by atoms with Crippen molar-refractivity contribution in [3.63, 3.8) is 0 Å². The van der Waals surface area contributed by atoms with Crippen LogP contribution >= 0.6 is 0 Å². The number of rotatable bonds is 3. The van der Waals surface area contributed by atoms with Crippen LogP contribution < -0.4 is 0 Å². The summed E-state index contributed by atoms with van der Waals surface area (Å²) in [6.45, 7) is 0. The fourth-order valence-corrected chi connectivity index (χ4v) is 1.05. The van der Waals surface area contributed by atoms with Crippen LogP contribution in [0, 0.1) is 0 Å². The number of hydrogen-bond donors (Lipinski definition) is 3. The minimum Gasteiger partial charge on any atom is -0.507 e. The van der Waals surface area contributed by atoms with Gasteiger partial charge in [-0.25, -0.2) is 0 Å². The van der Waals surface area contributed by atoms with Gasteiger partial charge in [0.1, 0.15) is 5.75 Å². The summed E-state index contributed by atoms with van der Waals surface area (Å²) in [4.78, 5) is 10.4. The second-order valence-corrected chi connectivity index (χ2v) is 2.71. The summed E-state index contributed by atoms with van der Waals surface area (Å²) in [5.41, 5.74) is 0.816. The molecule has 1 aromatic carbocycles. The van der Waals surface area contributed by atoms with E-state index in [1.54, 1.807) is 0 Å². The Morgan fingerprint density at radius 1 is 1.50 bits per heavy atom. The van der Waals surface area contributed by atoms with E-state index in [1.165, 1.54) is 18.2 Å². The monoisotopic (exact) mass is 195 g/mol. The van der Waals surface area contributed by atoms with Crippen LogP contribution in [-0.2, 0) is 11.2 Å². The Morgan fingerprint density at radius 3 is 2.79 bits per heavy atom. The molecule has 0 saturated heterocycles. The Kier molecular flexibility index (Phi) is 3.06. The molecule has 0 aliphatic carbocycles. The van der Waals surface area contributed by atoms with Crippen molar-refractivity contribution in [2.45, 2.75) is 6.42 Å². The molecule has 0 aromatic heterocycles. The minimum absolute atomic E-state index is 0.0584. The molecule has 0 radical (unpaired) electrons. The average Bonchev–Trinajstić information content (AvgIpc) is 2.10. The van der Waals surface area contributed by atoms with Gasteiger partial charge in [-0.1, -0.05) is 11.2 Å². The van der Waals surface area contributed by atoms with E-state index < -0.39 is 5.97 Å².